The zero-order valence-corrected chi connectivity index (χ0v) is 15.8. The molecule has 1 saturated heterocycles. The lowest BCUT2D eigenvalue weighted by Crippen LogP contribution is -2.37. The molecule has 1 fully saturated rings. The zero-order valence-electron chi connectivity index (χ0n) is 14.1. The molecule has 2 rings (SSSR count). The first kappa shape index (κ1) is 20.4. The van der Waals surface area contributed by atoms with E-state index in [1.165, 1.54) is 12.1 Å². The highest BCUT2D eigenvalue weighted by atomic mass is 32.2. The van der Waals surface area contributed by atoms with Gasteiger partial charge in [-0.1, -0.05) is 0 Å². The molecule has 0 saturated carbocycles. The number of ether oxygens (including phenoxy) is 1. The van der Waals surface area contributed by atoms with E-state index in [4.69, 9.17) is 10.5 Å². The minimum absolute atomic E-state index is 0.000243. The molecule has 1 aliphatic rings. The standard InChI is InChI=1S/C16H21N3O5S2/c17-15(20)5-6-26-10-13-7-14(25)8-18(13)16(21)24-9-11-1-3-12(4-2-11)19(22)23/h1-4,13-14,25H,5-10H2,(H2,17,20). The van der Waals surface area contributed by atoms with Gasteiger partial charge in [0.2, 0.25) is 5.91 Å². The molecule has 0 aliphatic carbocycles. The number of benzene rings is 1. The first-order valence-electron chi connectivity index (χ1n) is 8.07. The van der Waals surface area contributed by atoms with Crippen LogP contribution in [0.1, 0.15) is 18.4 Å². The van der Waals surface area contributed by atoms with Crippen LogP contribution in [-0.4, -0.2) is 51.2 Å². The highest BCUT2D eigenvalue weighted by Gasteiger charge is 2.34. The lowest BCUT2D eigenvalue weighted by molar-refractivity contribution is -0.384. The van der Waals surface area contributed by atoms with Crippen LogP contribution in [0.15, 0.2) is 24.3 Å². The number of rotatable bonds is 8. The number of thioether (sulfide) groups is 1. The van der Waals surface area contributed by atoms with Crippen LogP contribution in [0, 0.1) is 10.1 Å². The summed E-state index contributed by atoms with van der Waals surface area (Å²) < 4.78 is 5.34. The van der Waals surface area contributed by atoms with Gasteiger partial charge in [0.05, 0.1) is 4.92 Å². The van der Waals surface area contributed by atoms with Crippen LogP contribution in [-0.2, 0) is 16.1 Å². The average Bonchev–Trinajstić information content (AvgIpc) is 2.97. The Labute approximate surface area is 161 Å². The maximum Gasteiger partial charge on any atom is 0.410 e. The van der Waals surface area contributed by atoms with Gasteiger partial charge in [0, 0.05) is 47.9 Å². The van der Waals surface area contributed by atoms with E-state index in [9.17, 15) is 19.7 Å². The maximum atomic E-state index is 12.4. The third-order valence-corrected chi connectivity index (χ3v) is 5.43. The molecule has 2 atom stereocenters. The summed E-state index contributed by atoms with van der Waals surface area (Å²) in [6, 6.07) is 5.88. The number of likely N-dealkylation sites (tertiary alicyclic amines) is 1. The molecule has 26 heavy (non-hydrogen) atoms. The third-order valence-electron chi connectivity index (χ3n) is 3.94. The SMILES string of the molecule is NC(=O)CCSCC1CC(S)CN1C(=O)OCc1ccc([N+](=O)[O-])cc1. The van der Waals surface area contributed by atoms with Crippen molar-refractivity contribution in [3.63, 3.8) is 0 Å². The van der Waals surface area contributed by atoms with E-state index in [1.54, 1.807) is 28.8 Å². The van der Waals surface area contributed by atoms with Gasteiger partial charge >= 0.3 is 6.09 Å². The number of hydrogen-bond donors (Lipinski definition) is 2. The van der Waals surface area contributed by atoms with Crippen LogP contribution in [0.3, 0.4) is 0 Å². The lowest BCUT2D eigenvalue weighted by Gasteiger charge is -2.23. The van der Waals surface area contributed by atoms with Gasteiger partial charge in [-0.2, -0.15) is 24.4 Å². The molecule has 0 spiro atoms. The Morgan fingerprint density at radius 3 is 2.69 bits per heavy atom. The first-order valence-corrected chi connectivity index (χ1v) is 9.74. The second kappa shape index (κ2) is 9.67. The van der Waals surface area contributed by atoms with Crippen LogP contribution in [0.25, 0.3) is 0 Å². The van der Waals surface area contributed by atoms with Crippen molar-refractivity contribution in [2.45, 2.75) is 30.7 Å². The molecule has 1 aliphatic heterocycles. The molecule has 1 aromatic carbocycles. The Morgan fingerprint density at radius 1 is 1.38 bits per heavy atom. The predicted molar refractivity (Wildman–Crippen MR) is 102 cm³/mol. The highest BCUT2D eigenvalue weighted by Crippen LogP contribution is 2.26. The summed E-state index contributed by atoms with van der Waals surface area (Å²) in [4.78, 5) is 35.0. The molecule has 0 radical (unpaired) electrons. The third kappa shape index (κ3) is 6.10. The topological polar surface area (TPSA) is 116 Å². The van der Waals surface area contributed by atoms with E-state index in [-0.39, 0.29) is 29.5 Å². The van der Waals surface area contributed by atoms with Crippen LogP contribution >= 0.6 is 24.4 Å². The Morgan fingerprint density at radius 2 is 2.08 bits per heavy atom. The molecule has 2 N–H and O–H groups in total. The number of non-ortho nitro benzene ring substituents is 1. The van der Waals surface area contributed by atoms with Crippen molar-refractivity contribution >= 4 is 42.1 Å². The van der Waals surface area contributed by atoms with Crippen LogP contribution in [0.2, 0.25) is 0 Å². The van der Waals surface area contributed by atoms with Gasteiger partial charge in [-0.3, -0.25) is 14.9 Å². The Kier molecular flexibility index (Phi) is 7.58. The number of nitro groups is 1. The molecule has 8 nitrogen and oxygen atoms in total. The van der Waals surface area contributed by atoms with Crippen molar-refractivity contribution in [1.82, 2.24) is 4.90 Å². The van der Waals surface area contributed by atoms with E-state index in [0.717, 1.165) is 6.42 Å². The summed E-state index contributed by atoms with van der Waals surface area (Å²) >= 11 is 6.03. The Hall–Kier alpha value is -1.94. The van der Waals surface area contributed by atoms with Crippen molar-refractivity contribution < 1.29 is 19.2 Å². The molecule has 10 heteroatoms. The highest BCUT2D eigenvalue weighted by molar-refractivity contribution is 7.99. The van der Waals surface area contributed by atoms with Gasteiger partial charge in [-0.15, -0.1) is 0 Å². The number of carbonyl (C=O) groups excluding carboxylic acids is 2. The summed E-state index contributed by atoms with van der Waals surface area (Å²) in [5, 5.41) is 10.7. The fourth-order valence-corrected chi connectivity index (χ4v) is 4.13. The second-order valence-electron chi connectivity index (χ2n) is 5.97. The normalized spacial score (nSPS) is 19.3. The summed E-state index contributed by atoms with van der Waals surface area (Å²) in [6.45, 7) is 0.551. The number of amides is 2. The predicted octanol–water partition coefficient (Wildman–Crippen LogP) is 2.21. The quantitative estimate of drug-likeness (QED) is 0.300. The summed E-state index contributed by atoms with van der Waals surface area (Å²) in [5.41, 5.74) is 5.79. The fraction of sp³-hybridized carbons (Fsp3) is 0.500. The van der Waals surface area contributed by atoms with Crippen LogP contribution in [0.5, 0.6) is 0 Å². The lowest BCUT2D eigenvalue weighted by atomic mass is 10.2. The minimum atomic E-state index is -0.479. The second-order valence-corrected chi connectivity index (χ2v) is 7.85. The number of thiol groups is 1. The molecular weight excluding hydrogens is 378 g/mol. The number of carbonyl (C=O) groups is 2. The van der Waals surface area contributed by atoms with E-state index >= 15 is 0 Å². The average molecular weight is 399 g/mol. The fourth-order valence-electron chi connectivity index (χ4n) is 2.61. The van der Waals surface area contributed by atoms with Crippen LogP contribution in [0.4, 0.5) is 10.5 Å². The van der Waals surface area contributed by atoms with Crippen molar-refractivity contribution in [3.05, 3.63) is 39.9 Å². The molecule has 142 valence electrons. The van der Waals surface area contributed by atoms with E-state index < -0.39 is 11.0 Å². The van der Waals surface area contributed by atoms with Crippen molar-refractivity contribution in [3.8, 4) is 0 Å². The van der Waals surface area contributed by atoms with Gasteiger partial charge in [-0.05, 0) is 24.1 Å². The van der Waals surface area contributed by atoms with Crippen molar-refractivity contribution in [2.75, 3.05) is 18.1 Å². The number of primary amides is 1. The van der Waals surface area contributed by atoms with E-state index in [0.29, 0.717) is 30.0 Å². The van der Waals surface area contributed by atoms with Gasteiger partial charge < -0.3 is 15.4 Å². The Balaban J connectivity index is 1.83. The molecule has 1 aromatic rings. The number of nitrogens with two attached hydrogens (primary N) is 1. The Bertz CT molecular complexity index is 656. The molecule has 1 heterocycles. The minimum Gasteiger partial charge on any atom is -0.445 e. The van der Waals surface area contributed by atoms with Gasteiger partial charge in [0.1, 0.15) is 6.61 Å². The van der Waals surface area contributed by atoms with Crippen molar-refractivity contribution in [2.24, 2.45) is 5.73 Å². The van der Waals surface area contributed by atoms with E-state index in [1.807, 2.05) is 0 Å². The largest absolute Gasteiger partial charge is 0.445 e. The summed E-state index contributed by atoms with van der Waals surface area (Å²) in [7, 11) is 0. The number of nitro benzene ring substituents is 1. The summed E-state index contributed by atoms with van der Waals surface area (Å²) in [6.07, 6.45) is 0.645. The van der Waals surface area contributed by atoms with Gasteiger partial charge in [0.15, 0.2) is 0 Å². The molecular formula is C16H21N3O5S2. The monoisotopic (exact) mass is 399 g/mol. The number of nitrogens with zero attached hydrogens (tertiary/aromatic N) is 2. The van der Waals surface area contributed by atoms with Crippen LogP contribution < -0.4 is 5.73 Å². The molecule has 0 bridgehead atoms. The summed E-state index contributed by atoms with van der Waals surface area (Å²) in [5.74, 6) is 0.974. The maximum absolute atomic E-state index is 12.4. The zero-order chi connectivity index (χ0) is 19.1. The first-order chi connectivity index (χ1) is 12.4. The van der Waals surface area contributed by atoms with Crippen molar-refractivity contribution in [1.29, 1.82) is 0 Å². The van der Waals surface area contributed by atoms with Gasteiger partial charge in [0.25, 0.3) is 5.69 Å². The molecule has 0 aromatic heterocycles. The van der Waals surface area contributed by atoms with E-state index in [2.05, 4.69) is 12.6 Å². The van der Waals surface area contributed by atoms with Gasteiger partial charge in [-0.25, -0.2) is 4.79 Å². The number of hydrogen-bond acceptors (Lipinski definition) is 7. The molecule has 2 unspecified atom stereocenters. The molecule has 2 amide bonds. The smallest absolute Gasteiger partial charge is 0.410 e.